The summed E-state index contributed by atoms with van der Waals surface area (Å²) >= 11 is 0. The second-order valence-corrected chi connectivity index (χ2v) is 9.03. The number of halogens is 1. The van der Waals surface area contributed by atoms with Crippen LogP contribution in [-0.4, -0.2) is 43.5 Å². The number of hydrogen-bond acceptors (Lipinski definition) is 4. The molecule has 1 saturated heterocycles. The minimum Gasteiger partial charge on any atom is -0.468 e. The molecule has 0 aliphatic carbocycles. The summed E-state index contributed by atoms with van der Waals surface area (Å²) in [5.41, 5.74) is 2.94. The SMILES string of the molecule is O=C(NCC(c1ccco1)N1CCN(c2ccc(F)cc2)CC1)C(c1ccccc1)c1ccccc1. The van der Waals surface area contributed by atoms with Crippen LogP contribution < -0.4 is 10.2 Å². The van der Waals surface area contributed by atoms with Crippen LogP contribution in [0.25, 0.3) is 0 Å². The first kappa shape index (κ1) is 23.8. The Bertz CT molecular complexity index is 1180. The smallest absolute Gasteiger partial charge is 0.232 e. The summed E-state index contributed by atoms with van der Waals surface area (Å²) in [7, 11) is 0. The first-order valence-electron chi connectivity index (χ1n) is 12.3. The molecule has 1 N–H and O–H groups in total. The molecule has 1 aliphatic rings. The molecule has 3 aromatic carbocycles. The van der Waals surface area contributed by atoms with Crippen molar-refractivity contribution in [3.8, 4) is 0 Å². The molecule has 0 spiro atoms. The first-order valence-corrected chi connectivity index (χ1v) is 12.3. The maximum absolute atomic E-state index is 13.6. The maximum Gasteiger partial charge on any atom is 0.232 e. The molecule has 4 aromatic rings. The van der Waals surface area contributed by atoms with Crippen LogP contribution in [0.1, 0.15) is 28.8 Å². The van der Waals surface area contributed by atoms with Crippen LogP contribution in [-0.2, 0) is 4.79 Å². The summed E-state index contributed by atoms with van der Waals surface area (Å²) in [5, 5.41) is 3.22. The van der Waals surface area contributed by atoms with E-state index in [0.29, 0.717) is 6.54 Å². The molecule has 6 heteroatoms. The zero-order valence-electron chi connectivity index (χ0n) is 20.1. The Kier molecular flexibility index (Phi) is 7.43. The summed E-state index contributed by atoms with van der Waals surface area (Å²) in [5.74, 6) is 0.186. The average molecular weight is 484 g/mol. The number of anilines is 1. The number of nitrogens with zero attached hydrogens (tertiary/aromatic N) is 2. The Labute approximate surface area is 211 Å². The van der Waals surface area contributed by atoms with Crippen molar-refractivity contribution < 1.29 is 13.6 Å². The van der Waals surface area contributed by atoms with E-state index < -0.39 is 0 Å². The van der Waals surface area contributed by atoms with Crippen molar-refractivity contribution in [3.05, 3.63) is 126 Å². The van der Waals surface area contributed by atoms with E-state index in [9.17, 15) is 9.18 Å². The van der Waals surface area contributed by atoms with E-state index in [4.69, 9.17) is 4.42 Å². The van der Waals surface area contributed by atoms with Gasteiger partial charge in [0, 0.05) is 38.4 Å². The molecule has 0 saturated carbocycles. The molecule has 36 heavy (non-hydrogen) atoms. The monoisotopic (exact) mass is 483 g/mol. The Morgan fingerprint density at radius 3 is 1.97 bits per heavy atom. The van der Waals surface area contributed by atoms with Gasteiger partial charge in [-0.05, 0) is 47.5 Å². The van der Waals surface area contributed by atoms with Crippen molar-refractivity contribution in [3.63, 3.8) is 0 Å². The molecule has 5 nitrogen and oxygen atoms in total. The molecule has 1 aliphatic heterocycles. The summed E-state index contributed by atoms with van der Waals surface area (Å²) in [6.07, 6.45) is 1.68. The Morgan fingerprint density at radius 2 is 1.42 bits per heavy atom. The van der Waals surface area contributed by atoms with Crippen LogP contribution in [0.2, 0.25) is 0 Å². The third-order valence-corrected chi connectivity index (χ3v) is 6.82. The molecular weight excluding hydrogens is 453 g/mol. The van der Waals surface area contributed by atoms with E-state index in [1.807, 2.05) is 84.9 Å². The summed E-state index contributed by atoms with van der Waals surface area (Å²) < 4.78 is 19.1. The molecule has 184 valence electrons. The quantitative estimate of drug-likeness (QED) is 0.373. The van der Waals surface area contributed by atoms with Crippen LogP contribution in [0.5, 0.6) is 0 Å². The molecule has 1 fully saturated rings. The van der Waals surface area contributed by atoms with E-state index >= 15 is 0 Å². The highest BCUT2D eigenvalue weighted by Gasteiger charge is 2.29. The van der Waals surface area contributed by atoms with Crippen LogP contribution in [0, 0.1) is 5.82 Å². The van der Waals surface area contributed by atoms with Crippen molar-refractivity contribution in [2.75, 3.05) is 37.6 Å². The topological polar surface area (TPSA) is 48.7 Å². The van der Waals surface area contributed by atoms with Crippen molar-refractivity contribution >= 4 is 11.6 Å². The third kappa shape index (κ3) is 5.50. The highest BCUT2D eigenvalue weighted by atomic mass is 19.1. The van der Waals surface area contributed by atoms with Gasteiger partial charge < -0.3 is 14.6 Å². The predicted octanol–water partition coefficient (Wildman–Crippen LogP) is 5.23. The lowest BCUT2D eigenvalue weighted by molar-refractivity contribution is -0.122. The fraction of sp³-hybridized carbons (Fsp3) is 0.233. The first-order chi connectivity index (χ1) is 17.7. The van der Waals surface area contributed by atoms with E-state index in [0.717, 1.165) is 48.8 Å². The van der Waals surface area contributed by atoms with Crippen molar-refractivity contribution in [1.29, 1.82) is 0 Å². The Balaban J connectivity index is 1.29. The van der Waals surface area contributed by atoms with Crippen LogP contribution in [0.3, 0.4) is 0 Å². The third-order valence-electron chi connectivity index (χ3n) is 6.82. The number of benzene rings is 3. The Morgan fingerprint density at radius 1 is 0.806 bits per heavy atom. The normalized spacial score (nSPS) is 15.1. The summed E-state index contributed by atoms with van der Waals surface area (Å²) in [6.45, 7) is 3.68. The highest BCUT2D eigenvalue weighted by molar-refractivity contribution is 5.87. The summed E-state index contributed by atoms with van der Waals surface area (Å²) in [4.78, 5) is 18.2. The van der Waals surface area contributed by atoms with E-state index in [2.05, 4.69) is 15.1 Å². The molecule has 1 unspecified atom stereocenters. The lowest BCUT2D eigenvalue weighted by atomic mass is 9.90. The number of amides is 1. The minimum atomic E-state index is -0.389. The number of rotatable bonds is 8. The molecular formula is C30H30FN3O2. The highest BCUT2D eigenvalue weighted by Crippen LogP contribution is 2.27. The van der Waals surface area contributed by atoms with Crippen LogP contribution >= 0.6 is 0 Å². The second kappa shape index (κ2) is 11.2. The van der Waals surface area contributed by atoms with Gasteiger partial charge >= 0.3 is 0 Å². The number of nitrogens with one attached hydrogen (secondary N) is 1. The molecule has 0 radical (unpaired) electrons. The number of carbonyl (C=O) groups is 1. The molecule has 0 bridgehead atoms. The fourth-order valence-electron chi connectivity index (χ4n) is 4.92. The van der Waals surface area contributed by atoms with Gasteiger partial charge in [0.25, 0.3) is 0 Å². The number of hydrogen-bond donors (Lipinski definition) is 1. The number of furan rings is 1. The molecule has 1 amide bonds. The Hall–Kier alpha value is -3.90. The van der Waals surface area contributed by atoms with E-state index in [1.54, 1.807) is 6.26 Å². The van der Waals surface area contributed by atoms with Gasteiger partial charge in [0.05, 0.1) is 18.2 Å². The zero-order chi connectivity index (χ0) is 24.7. The lowest BCUT2D eigenvalue weighted by Crippen LogP contribution is -2.50. The van der Waals surface area contributed by atoms with Gasteiger partial charge in [-0.15, -0.1) is 0 Å². The number of carbonyl (C=O) groups excluding carboxylic acids is 1. The van der Waals surface area contributed by atoms with Crippen molar-refractivity contribution in [2.24, 2.45) is 0 Å². The molecule has 5 rings (SSSR count). The average Bonchev–Trinajstić information content (AvgIpc) is 3.46. The van der Waals surface area contributed by atoms with Gasteiger partial charge in [0.1, 0.15) is 11.6 Å². The van der Waals surface area contributed by atoms with Crippen molar-refractivity contribution in [2.45, 2.75) is 12.0 Å². The predicted molar refractivity (Wildman–Crippen MR) is 139 cm³/mol. The lowest BCUT2D eigenvalue weighted by Gasteiger charge is -2.39. The van der Waals surface area contributed by atoms with Gasteiger partial charge in [0.2, 0.25) is 5.91 Å². The standard InChI is InChI=1S/C30H30FN3O2/c31-25-13-15-26(16-14-25)33-17-19-34(20-18-33)27(28-12-7-21-36-28)22-32-30(35)29(23-8-3-1-4-9-23)24-10-5-2-6-11-24/h1-16,21,27,29H,17-20,22H2,(H,32,35). The van der Waals surface area contributed by atoms with E-state index in [-0.39, 0.29) is 23.7 Å². The second-order valence-electron chi connectivity index (χ2n) is 9.03. The largest absolute Gasteiger partial charge is 0.468 e. The van der Waals surface area contributed by atoms with E-state index in [1.165, 1.54) is 12.1 Å². The number of piperazine rings is 1. The van der Waals surface area contributed by atoms with Crippen LogP contribution in [0.4, 0.5) is 10.1 Å². The molecule has 1 aromatic heterocycles. The van der Waals surface area contributed by atoms with Gasteiger partial charge in [-0.3, -0.25) is 9.69 Å². The minimum absolute atomic E-state index is 0.0334. The van der Waals surface area contributed by atoms with Gasteiger partial charge in [0.15, 0.2) is 0 Å². The molecule has 2 heterocycles. The zero-order valence-corrected chi connectivity index (χ0v) is 20.1. The maximum atomic E-state index is 13.6. The summed E-state index contributed by atoms with van der Waals surface area (Å²) in [6, 6.07) is 30.2. The molecule has 1 atom stereocenters. The van der Waals surface area contributed by atoms with Crippen molar-refractivity contribution in [1.82, 2.24) is 10.2 Å². The van der Waals surface area contributed by atoms with Crippen LogP contribution in [0.15, 0.2) is 108 Å². The van der Waals surface area contributed by atoms with Gasteiger partial charge in [-0.2, -0.15) is 0 Å². The van der Waals surface area contributed by atoms with Gasteiger partial charge in [-0.1, -0.05) is 60.7 Å². The fourth-order valence-corrected chi connectivity index (χ4v) is 4.92. The van der Waals surface area contributed by atoms with Gasteiger partial charge in [-0.25, -0.2) is 4.39 Å².